The minimum Gasteiger partial charge on any atom is -0.308 e. The molecule has 0 saturated carbocycles. The van der Waals surface area contributed by atoms with E-state index in [0.717, 1.165) is 6.54 Å². The third kappa shape index (κ3) is 4.69. The Kier molecular flexibility index (Phi) is 4.72. The Bertz CT molecular complexity index is 56.4. The van der Waals surface area contributed by atoms with Crippen LogP contribution in [0.5, 0.6) is 0 Å². The first-order chi connectivity index (χ1) is 3.66. The van der Waals surface area contributed by atoms with Gasteiger partial charge in [-0.05, 0) is 14.1 Å². The highest BCUT2D eigenvalue weighted by Gasteiger charge is 2.01. The number of hydrogen-bond donors (Lipinski definition) is 0. The molecule has 0 aromatic rings. The van der Waals surface area contributed by atoms with Crippen LogP contribution in [0.2, 0.25) is 0 Å². The molecule has 0 radical (unpaired) electrons. The summed E-state index contributed by atoms with van der Waals surface area (Å²) in [5, 5.41) is 0.0895. The van der Waals surface area contributed by atoms with E-state index in [1.54, 1.807) is 0 Å². The van der Waals surface area contributed by atoms with Crippen molar-refractivity contribution >= 4 is 23.2 Å². The van der Waals surface area contributed by atoms with Crippen LogP contribution in [0.4, 0.5) is 0 Å². The zero-order chi connectivity index (χ0) is 6.57. The lowest BCUT2D eigenvalue weighted by molar-refractivity contribution is 0.412. The van der Waals surface area contributed by atoms with Crippen LogP contribution in [0.1, 0.15) is 0 Å². The average Bonchev–Trinajstić information content (AvgIpc) is 1.65. The predicted octanol–water partition coefficient (Wildman–Crippen LogP) is 1.39. The van der Waals surface area contributed by atoms with Gasteiger partial charge in [-0.15, -0.1) is 23.2 Å². The molecule has 0 rings (SSSR count). The van der Waals surface area contributed by atoms with Gasteiger partial charge in [-0.1, -0.05) is 0 Å². The molecular formula is C5H11Cl2N. The van der Waals surface area contributed by atoms with E-state index >= 15 is 0 Å². The fraction of sp³-hybridized carbons (Fsp3) is 1.00. The van der Waals surface area contributed by atoms with Crippen LogP contribution in [0.15, 0.2) is 0 Å². The first-order valence-electron chi connectivity index (χ1n) is 2.51. The highest BCUT2D eigenvalue weighted by atomic mass is 35.5. The van der Waals surface area contributed by atoms with E-state index < -0.39 is 0 Å². The lowest BCUT2D eigenvalue weighted by Gasteiger charge is -2.11. The summed E-state index contributed by atoms with van der Waals surface area (Å²) in [4.78, 5) is 2.01. The Labute approximate surface area is 60.6 Å². The fourth-order valence-corrected chi connectivity index (χ4v) is 0.819. The van der Waals surface area contributed by atoms with Crippen molar-refractivity contribution in [3.05, 3.63) is 0 Å². The van der Waals surface area contributed by atoms with Gasteiger partial charge >= 0.3 is 0 Å². The van der Waals surface area contributed by atoms with Crippen molar-refractivity contribution in [3.63, 3.8) is 0 Å². The molecule has 8 heavy (non-hydrogen) atoms. The Morgan fingerprint density at radius 3 is 2.12 bits per heavy atom. The van der Waals surface area contributed by atoms with Crippen molar-refractivity contribution in [2.24, 2.45) is 0 Å². The molecule has 3 heteroatoms. The maximum absolute atomic E-state index is 5.69. The maximum atomic E-state index is 5.69. The van der Waals surface area contributed by atoms with Crippen molar-refractivity contribution in [2.75, 3.05) is 26.5 Å². The van der Waals surface area contributed by atoms with Gasteiger partial charge in [0.1, 0.15) is 0 Å². The molecule has 0 aliphatic carbocycles. The largest absolute Gasteiger partial charge is 0.308 e. The number of nitrogens with zero attached hydrogens (tertiary/aromatic N) is 1. The van der Waals surface area contributed by atoms with Crippen molar-refractivity contribution in [2.45, 2.75) is 5.38 Å². The monoisotopic (exact) mass is 155 g/mol. The third-order valence-corrected chi connectivity index (χ3v) is 1.55. The van der Waals surface area contributed by atoms with Crippen molar-refractivity contribution in [1.82, 2.24) is 4.90 Å². The maximum Gasteiger partial charge on any atom is 0.0598 e. The SMILES string of the molecule is CN(C)C[C@H](Cl)CCl. The van der Waals surface area contributed by atoms with Crippen molar-refractivity contribution in [3.8, 4) is 0 Å². The Morgan fingerprint density at radius 1 is 1.50 bits per heavy atom. The molecule has 0 aliphatic heterocycles. The number of alkyl halides is 2. The number of halogens is 2. The van der Waals surface area contributed by atoms with E-state index in [4.69, 9.17) is 23.2 Å². The summed E-state index contributed by atoms with van der Waals surface area (Å²) in [6, 6.07) is 0. The van der Waals surface area contributed by atoms with E-state index in [1.165, 1.54) is 0 Å². The van der Waals surface area contributed by atoms with Gasteiger partial charge in [0, 0.05) is 12.4 Å². The van der Waals surface area contributed by atoms with E-state index in [9.17, 15) is 0 Å². The average molecular weight is 156 g/mol. The standard InChI is InChI=1S/C5H11Cl2N/c1-8(2)4-5(7)3-6/h5H,3-4H2,1-2H3/t5-/m1/s1. The molecule has 0 saturated heterocycles. The van der Waals surface area contributed by atoms with Crippen LogP contribution in [-0.4, -0.2) is 36.8 Å². The molecule has 0 unspecified atom stereocenters. The molecule has 0 aromatic carbocycles. The molecule has 0 aliphatic rings. The summed E-state index contributed by atoms with van der Waals surface area (Å²) in [7, 11) is 3.95. The Hall–Kier alpha value is 0.540. The predicted molar refractivity (Wildman–Crippen MR) is 38.9 cm³/mol. The van der Waals surface area contributed by atoms with Crippen LogP contribution in [0.3, 0.4) is 0 Å². The van der Waals surface area contributed by atoms with Crippen LogP contribution >= 0.6 is 23.2 Å². The quantitative estimate of drug-likeness (QED) is 0.558. The van der Waals surface area contributed by atoms with Gasteiger partial charge in [-0.25, -0.2) is 0 Å². The van der Waals surface area contributed by atoms with Crippen LogP contribution in [0.25, 0.3) is 0 Å². The lowest BCUT2D eigenvalue weighted by Crippen LogP contribution is -2.22. The highest BCUT2D eigenvalue weighted by molar-refractivity contribution is 6.28. The zero-order valence-electron chi connectivity index (χ0n) is 5.19. The van der Waals surface area contributed by atoms with Gasteiger partial charge in [0.05, 0.1) is 5.38 Å². The summed E-state index contributed by atoms with van der Waals surface area (Å²) < 4.78 is 0. The summed E-state index contributed by atoms with van der Waals surface area (Å²) in [6.07, 6.45) is 0. The first-order valence-corrected chi connectivity index (χ1v) is 3.48. The van der Waals surface area contributed by atoms with E-state index in [-0.39, 0.29) is 5.38 Å². The molecule has 0 spiro atoms. The summed E-state index contributed by atoms with van der Waals surface area (Å²) in [6.45, 7) is 0.852. The molecule has 0 amide bonds. The van der Waals surface area contributed by atoms with Crippen LogP contribution < -0.4 is 0 Å². The number of hydrogen-bond acceptors (Lipinski definition) is 1. The molecule has 0 N–H and O–H groups in total. The van der Waals surface area contributed by atoms with E-state index in [1.807, 2.05) is 19.0 Å². The van der Waals surface area contributed by atoms with Gasteiger partial charge < -0.3 is 4.90 Å². The van der Waals surface area contributed by atoms with Crippen molar-refractivity contribution in [1.29, 1.82) is 0 Å². The third-order valence-electron chi connectivity index (χ3n) is 0.731. The molecule has 0 bridgehead atoms. The fourth-order valence-electron chi connectivity index (χ4n) is 0.445. The van der Waals surface area contributed by atoms with Gasteiger partial charge in [0.25, 0.3) is 0 Å². The summed E-state index contributed by atoms with van der Waals surface area (Å²) in [5.74, 6) is 0.528. The smallest absolute Gasteiger partial charge is 0.0598 e. The van der Waals surface area contributed by atoms with Gasteiger partial charge in [-0.2, -0.15) is 0 Å². The van der Waals surface area contributed by atoms with Gasteiger partial charge in [0.15, 0.2) is 0 Å². The topological polar surface area (TPSA) is 3.24 Å². The molecule has 0 fully saturated rings. The lowest BCUT2D eigenvalue weighted by atomic mass is 10.4. The summed E-state index contributed by atoms with van der Waals surface area (Å²) >= 11 is 11.1. The van der Waals surface area contributed by atoms with Crippen molar-refractivity contribution < 1.29 is 0 Å². The number of rotatable bonds is 3. The Morgan fingerprint density at radius 2 is 2.00 bits per heavy atom. The van der Waals surface area contributed by atoms with Crippen LogP contribution in [-0.2, 0) is 0 Å². The molecule has 50 valence electrons. The Balaban J connectivity index is 3.10. The molecule has 0 heterocycles. The molecular weight excluding hydrogens is 145 g/mol. The van der Waals surface area contributed by atoms with Gasteiger partial charge in [-0.3, -0.25) is 0 Å². The second-order valence-corrected chi connectivity index (χ2v) is 2.94. The highest BCUT2D eigenvalue weighted by Crippen LogP contribution is 1.98. The minimum atomic E-state index is 0.0895. The van der Waals surface area contributed by atoms with E-state index in [0.29, 0.717) is 5.88 Å². The first kappa shape index (κ1) is 8.54. The second-order valence-electron chi connectivity index (χ2n) is 2.01. The van der Waals surface area contributed by atoms with Gasteiger partial charge in [0.2, 0.25) is 0 Å². The minimum absolute atomic E-state index is 0.0895. The normalized spacial score (nSPS) is 14.6. The molecule has 1 atom stereocenters. The summed E-state index contributed by atoms with van der Waals surface area (Å²) in [5.41, 5.74) is 0. The molecule has 0 aromatic heterocycles. The second kappa shape index (κ2) is 4.42. The van der Waals surface area contributed by atoms with E-state index in [2.05, 4.69) is 0 Å². The van der Waals surface area contributed by atoms with Crippen LogP contribution in [0, 0.1) is 0 Å². The zero-order valence-corrected chi connectivity index (χ0v) is 6.71. The molecule has 1 nitrogen and oxygen atoms in total.